The number of carbonyl (C=O) groups excluding carboxylic acids is 1. The number of anilines is 2. The van der Waals surface area contributed by atoms with Gasteiger partial charge in [-0.1, -0.05) is 23.5 Å². The largest absolute Gasteiger partial charge is 0.375 e. The third kappa shape index (κ3) is 3.97. The van der Waals surface area contributed by atoms with Crippen molar-refractivity contribution in [2.75, 3.05) is 17.3 Å². The first kappa shape index (κ1) is 17.4. The van der Waals surface area contributed by atoms with Crippen LogP contribution in [0, 0.1) is 6.92 Å². The van der Waals surface area contributed by atoms with Crippen molar-refractivity contribution in [3.63, 3.8) is 0 Å². The van der Waals surface area contributed by atoms with Crippen molar-refractivity contribution in [2.24, 2.45) is 0 Å². The lowest BCUT2D eigenvalue weighted by molar-refractivity contribution is -0.115. The fourth-order valence-corrected chi connectivity index (χ4v) is 4.01. The van der Waals surface area contributed by atoms with Crippen LogP contribution in [0.1, 0.15) is 11.1 Å². The summed E-state index contributed by atoms with van der Waals surface area (Å²) in [6.07, 6.45) is 1.31. The van der Waals surface area contributed by atoms with Crippen molar-refractivity contribution >= 4 is 48.1 Å². The van der Waals surface area contributed by atoms with Crippen LogP contribution in [0.15, 0.2) is 41.3 Å². The summed E-state index contributed by atoms with van der Waals surface area (Å²) in [5, 5.41) is 3.35. The first-order valence-corrected chi connectivity index (χ1v) is 10.2. The van der Waals surface area contributed by atoms with Crippen molar-refractivity contribution in [3.8, 4) is 0 Å². The molecule has 0 aliphatic heterocycles. The highest BCUT2D eigenvalue weighted by Gasteiger charge is 2.11. The SMILES string of the molecule is Cc1cc(NC(=O)Cc2ccc(S(C)(=O)=O)cc2)cc2sc(N)nc12. The van der Waals surface area contributed by atoms with E-state index in [4.69, 9.17) is 5.73 Å². The van der Waals surface area contributed by atoms with Gasteiger partial charge < -0.3 is 11.1 Å². The van der Waals surface area contributed by atoms with Crippen molar-refractivity contribution in [2.45, 2.75) is 18.2 Å². The summed E-state index contributed by atoms with van der Waals surface area (Å²) in [6.45, 7) is 1.92. The number of hydrogen-bond donors (Lipinski definition) is 2. The quantitative estimate of drug-likeness (QED) is 0.730. The molecule has 0 bridgehead atoms. The zero-order chi connectivity index (χ0) is 18.2. The molecule has 8 heteroatoms. The normalized spacial score (nSPS) is 11.6. The Morgan fingerprint density at radius 1 is 1.24 bits per heavy atom. The fourth-order valence-electron chi connectivity index (χ4n) is 2.53. The molecule has 0 fully saturated rings. The van der Waals surface area contributed by atoms with Crippen LogP contribution in [0.4, 0.5) is 10.8 Å². The maximum absolute atomic E-state index is 12.3. The molecule has 130 valence electrons. The van der Waals surface area contributed by atoms with E-state index in [1.54, 1.807) is 12.1 Å². The van der Waals surface area contributed by atoms with Crippen LogP contribution in [-0.2, 0) is 21.1 Å². The molecular formula is C17H17N3O3S2. The molecular weight excluding hydrogens is 358 g/mol. The zero-order valence-corrected chi connectivity index (χ0v) is 15.4. The van der Waals surface area contributed by atoms with Crippen LogP contribution < -0.4 is 11.1 Å². The molecule has 1 aromatic heterocycles. The predicted molar refractivity (Wildman–Crippen MR) is 101 cm³/mol. The molecule has 6 nitrogen and oxygen atoms in total. The highest BCUT2D eigenvalue weighted by atomic mass is 32.2. The third-order valence-electron chi connectivity index (χ3n) is 3.70. The third-order valence-corrected chi connectivity index (χ3v) is 5.66. The maximum atomic E-state index is 12.3. The van der Waals surface area contributed by atoms with Gasteiger partial charge in [0.15, 0.2) is 15.0 Å². The number of benzene rings is 2. The molecule has 0 unspecified atom stereocenters. The molecule has 0 saturated heterocycles. The Balaban J connectivity index is 1.74. The molecule has 3 aromatic rings. The minimum absolute atomic E-state index is 0.159. The van der Waals surface area contributed by atoms with Crippen molar-refractivity contribution in [1.29, 1.82) is 0 Å². The summed E-state index contributed by atoms with van der Waals surface area (Å²) in [6, 6.07) is 10.0. The van der Waals surface area contributed by atoms with Crippen molar-refractivity contribution in [1.82, 2.24) is 4.98 Å². The van der Waals surface area contributed by atoms with Crippen LogP contribution in [0.3, 0.4) is 0 Å². The minimum Gasteiger partial charge on any atom is -0.375 e. The van der Waals surface area contributed by atoms with Gasteiger partial charge in [0, 0.05) is 11.9 Å². The molecule has 0 spiro atoms. The molecule has 2 aromatic carbocycles. The molecule has 0 aliphatic carbocycles. The number of nitrogens with zero attached hydrogens (tertiary/aromatic N) is 1. The molecule has 0 saturated carbocycles. The topological polar surface area (TPSA) is 102 Å². The first-order chi connectivity index (χ1) is 11.7. The number of fused-ring (bicyclic) bond motifs is 1. The highest BCUT2D eigenvalue weighted by Crippen LogP contribution is 2.29. The van der Waals surface area contributed by atoms with Crippen LogP contribution in [0.2, 0.25) is 0 Å². The molecule has 1 heterocycles. The van der Waals surface area contributed by atoms with Gasteiger partial charge in [-0.05, 0) is 42.3 Å². The minimum atomic E-state index is -3.24. The second kappa shape index (κ2) is 6.45. The van der Waals surface area contributed by atoms with Gasteiger partial charge in [0.25, 0.3) is 0 Å². The number of amides is 1. The predicted octanol–water partition coefficient (Wildman–Crippen LogP) is 2.77. The number of thiazole rings is 1. The van der Waals surface area contributed by atoms with Gasteiger partial charge in [-0.25, -0.2) is 13.4 Å². The van der Waals surface area contributed by atoms with Crippen molar-refractivity contribution < 1.29 is 13.2 Å². The summed E-state index contributed by atoms with van der Waals surface area (Å²) >= 11 is 1.37. The monoisotopic (exact) mass is 375 g/mol. The summed E-state index contributed by atoms with van der Waals surface area (Å²) < 4.78 is 23.8. The summed E-state index contributed by atoms with van der Waals surface area (Å²) in [5.41, 5.74) is 8.95. The Morgan fingerprint density at radius 3 is 2.56 bits per heavy atom. The summed E-state index contributed by atoms with van der Waals surface area (Å²) in [7, 11) is -3.24. The van der Waals surface area contributed by atoms with Gasteiger partial charge >= 0.3 is 0 Å². The number of aryl methyl sites for hydroxylation is 1. The molecule has 0 atom stereocenters. The van der Waals surface area contributed by atoms with E-state index in [2.05, 4.69) is 10.3 Å². The number of hydrogen-bond acceptors (Lipinski definition) is 6. The van der Waals surface area contributed by atoms with E-state index in [1.807, 2.05) is 19.1 Å². The maximum Gasteiger partial charge on any atom is 0.228 e. The first-order valence-electron chi connectivity index (χ1n) is 7.48. The second-order valence-corrected chi connectivity index (χ2v) is 8.91. The van der Waals surface area contributed by atoms with E-state index < -0.39 is 9.84 Å². The lowest BCUT2D eigenvalue weighted by Crippen LogP contribution is -2.14. The van der Waals surface area contributed by atoms with Crippen LogP contribution in [0.5, 0.6) is 0 Å². The molecule has 0 aliphatic rings. The Morgan fingerprint density at radius 2 is 1.92 bits per heavy atom. The Kier molecular flexibility index (Phi) is 4.49. The number of sulfone groups is 1. The second-order valence-electron chi connectivity index (χ2n) is 5.83. The van der Waals surface area contributed by atoms with E-state index >= 15 is 0 Å². The molecule has 3 rings (SSSR count). The van der Waals surface area contributed by atoms with E-state index in [0.29, 0.717) is 10.8 Å². The zero-order valence-electron chi connectivity index (χ0n) is 13.7. The van der Waals surface area contributed by atoms with Crippen LogP contribution >= 0.6 is 11.3 Å². The van der Waals surface area contributed by atoms with E-state index in [9.17, 15) is 13.2 Å². The molecule has 3 N–H and O–H groups in total. The molecule has 0 radical (unpaired) electrons. The summed E-state index contributed by atoms with van der Waals surface area (Å²) in [5.74, 6) is -0.177. The van der Waals surface area contributed by atoms with Gasteiger partial charge in [0.1, 0.15) is 0 Å². The Labute approximate surface area is 149 Å². The van der Waals surface area contributed by atoms with Gasteiger partial charge in [-0.2, -0.15) is 0 Å². The van der Waals surface area contributed by atoms with E-state index in [-0.39, 0.29) is 17.2 Å². The van der Waals surface area contributed by atoms with E-state index in [0.717, 1.165) is 27.6 Å². The lowest BCUT2D eigenvalue weighted by Gasteiger charge is -2.07. The lowest BCUT2D eigenvalue weighted by atomic mass is 10.1. The number of nitrogen functional groups attached to an aromatic ring is 1. The van der Waals surface area contributed by atoms with Crippen molar-refractivity contribution in [3.05, 3.63) is 47.5 Å². The van der Waals surface area contributed by atoms with Gasteiger partial charge in [0.2, 0.25) is 5.91 Å². The van der Waals surface area contributed by atoms with Gasteiger partial charge in [-0.15, -0.1) is 0 Å². The number of nitrogens with one attached hydrogen (secondary N) is 1. The number of nitrogens with two attached hydrogens (primary N) is 1. The highest BCUT2D eigenvalue weighted by molar-refractivity contribution is 7.90. The van der Waals surface area contributed by atoms with Crippen LogP contribution in [0.25, 0.3) is 10.2 Å². The fraction of sp³-hybridized carbons (Fsp3) is 0.176. The Hall–Kier alpha value is -2.45. The molecule has 1 amide bonds. The average molecular weight is 375 g/mol. The van der Waals surface area contributed by atoms with Gasteiger partial charge in [0.05, 0.1) is 21.5 Å². The number of carbonyl (C=O) groups is 1. The van der Waals surface area contributed by atoms with Crippen LogP contribution in [-0.4, -0.2) is 25.6 Å². The number of aromatic nitrogens is 1. The smallest absolute Gasteiger partial charge is 0.228 e. The summed E-state index contributed by atoms with van der Waals surface area (Å²) in [4.78, 5) is 16.7. The molecule has 25 heavy (non-hydrogen) atoms. The standard InChI is InChI=1S/C17H17N3O3S2/c1-10-7-12(9-14-16(10)20-17(18)24-14)19-15(21)8-11-3-5-13(6-4-11)25(2,22)23/h3-7,9H,8H2,1-2H3,(H2,18,20)(H,19,21). The van der Waals surface area contributed by atoms with E-state index in [1.165, 1.54) is 23.5 Å². The van der Waals surface area contributed by atoms with Gasteiger partial charge in [-0.3, -0.25) is 4.79 Å². The average Bonchev–Trinajstić information content (AvgIpc) is 2.87. The number of rotatable bonds is 4. The Bertz CT molecular complexity index is 1050.